The van der Waals surface area contributed by atoms with Crippen molar-refractivity contribution in [3.8, 4) is 6.07 Å². The summed E-state index contributed by atoms with van der Waals surface area (Å²) in [7, 11) is 0. The lowest BCUT2D eigenvalue weighted by molar-refractivity contribution is 0.619. The summed E-state index contributed by atoms with van der Waals surface area (Å²) in [5.41, 5.74) is 0.322. The van der Waals surface area contributed by atoms with Crippen molar-refractivity contribution in [1.29, 1.82) is 5.26 Å². The molecule has 1 aromatic carbocycles. The van der Waals surface area contributed by atoms with Gasteiger partial charge in [-0.2, -0.15) is 5.26 Å². The zero-order valence-electron chi connectivity index (χ0n) is 5.24. The molecule has 0 aromatic heterocycles. The standard InChI is InChI=1S/C7H2BrFIN/c8-5-2-7(10)6(9)1-4(5)3-11/h1-2H. The Hall–Kier alpha value is -0.150. The molecule has 0 atom stereocenters. The van der Waals surface area contributed by atoms with E-state index in [1.54, 1.807) is 6.07 Å². The van der Waals surface area contributed by atoms with Crippen molar-refractivity contribution >= 4 is 38.5 Å². The molecule has 0 heterocycles. The minimum Gasteiger partial charge on any atom is -0.206 e. The fourth-order valence-electron chi connectivity index (χ4n) is 0.608. The van der Waals surface area contributed by atoms with Crippen LogP contribution >= 0.6 is 38.5 Å². The van der Waals surface area contributed by atoms with E-state index in [1.807, 2.05) is 28.7 Å². The molecule has 0 aliphatic heterocycles. The zero-order chi connectivity index (χ0) is 8.43. The summed E-state index contributed by atoms with van der Waals surface area (Å²) in [6.45, 7) is 0. The molecule has 0 spiro atoms. The third-order valence-electron chi connectivity index (χ3n) is 1.13. The lowest BCUT2D eigenvalue weighted by Crippen LogP contribution is -1.85. The van der Waals surface area contributed by atoms with E-state index in [0.717, 1.165) is 0 Å². The molecule has 0 N–H and O–H groups in total. The summed E-state index contributed by atoms with van der Waals surface area (Å²) in [6.07, 6.45) is 0. The van der Waals surface area contributed by atoms with Crippen molar-refractivity contribution in [2.45, 2.75) is 0 Å². The van der Waals surface area contributed by atoms with Crippen molar-refractivity contribution in [1.82, 2.24) is 0 Å². The van der Waals surface area contributed by atoms with Crippen LogP contribution in [-0.4, -0.2) is 0 Å². The van der Waals surface area contributed by atoms with Gasteiger partial charge in [0.25, 0.3) is 0 Å². The molecular formula is C7H2BrFIN. The quantitative estimate of drug-likeness (QED) is 0.531. The molecule has 0 aliphatic carbocycles. The van der Waals surface area contributed by atoms with Gasteiger partial charge in [-0.05, 0) is 50.7 Å². The van der Waals surface area contributed by atoms with Crippen LogP contribution in [0, 0.1) is 20.7 Å². The summed E-state index contributed by atoms with van der Waals surface area (Å²) in [4.78, 5) is 0. The Labute approximate surface area is 85.5 Å². The summed E-state index contributed by atoms with van der Waals surface area (Å²) >= 11 is 5.02. The van der Waals surface area contributed by atoms with Gasteiger partial charge >= 0.3 is 0 Å². The molecule has 0 unspecified atom stereocenters. The Kier molecular flexibility index (Phi) is 2.84. The molecule has 0 aliphatic rings. The summed E-state index contributed by atoms with van der Waals surface area (Å²) in [5.74, 6) is -0.356. The molecule has 0 radical (unpaired) electrons. The van der Waals surface area contributed by atoms with Gasteiger partial charge in [-0.25, -0.2) is 4.39 Å². The first-order valence-corrected chi connectivity index (χ1v) is 4.57. The fraction of sp³-hybridized carbons (Fsp3) is 0. The first kappa shape index (κ1) is 8.94. The maximum atomic E-state index is 12.8. The summed E-state index contributed by atoms with van der Waals surface area (Å²) < 4.78 is 13.9. The molecule has 0 saturated heterocycles. The molecule has 11 heavy (non-hydrogen) atoms. The fourth-order valence-corrected chi connectivity index (χ4v) is 1.94. The largest absolute Gasteiger partial charge is 0.206 e. The van der Waals surface area contributed by atoms with Crippen LogP contribution < -0.4 is 0 Å². The molecular weight excluding hydrogens is 324 g/mol. The second-order valence-electron chi connectivity index (χ2n) is 1.86. The predicted molar refractivity (Wildman–Crippen MR) is 51.5 cm³/mol. The second-order valence-corrected chi connectivity index (χ2v) is 3.87. The number of nitriles is 1. The van der Waals surface area contributed by atoms with Crippen molar-refractivity contribution in [2.24, 2.45) is 0 Å². The van der Waals surface area contributed by atoms with E-state index in [-0.39, 0.29) is 5.82 Å². The molecule has 1 aromatic rings. The molecule has 1 nitrogen and oxygen atoms in total. The molecule has 0 amide bonds. The normalized spacial score (nSPS) is 9.27. The second kappa shape index (κ2) is 3.50. The van der Waals surface area contributed by atoms with Gasteiger partial charge < -0.3 is 0 Å². The zero-order valence-corrected chi connectivity index (χ0v) is 8.98. The lowest BCUT2D eigenvalue weighted by atomic mass is 10.2. The van der Waals surface area contributed by atoms with Gasteiger partial charge in [0.15, 0.2) is 0 Å². The van der Waals surface area contributed by atoms with Gasteiger partial charge in [-0.1, -0.05) is 0 Å². The van der Waals surface area contributed by atoms with Crippen molar-refractivity contribution in [3.05, 3.63) is 31.6 Å². The summed E-state index contributed by atoms with van der Waals surface area (Å²) in [5, 5.41) is 8.48. The highest BCUT2D eigenvalue weighted by atomic mass is 127. The van der Waals surface area contributed by atoms with Crippen LogP contribution in [0.15, 0.2) is 16.6 Å². The SMILES string of the molecule is N#Cc1cc(F)c(I)cc1Br. The number of hydrogen-bond donors (Lipinski definition) is 0. The van der Waals surface area contributed by atoms with E-state index in [4.69, 9.17) is 5.26 Å². The Bertz CT molecular complexity index is 332. The first-order chi connectivity index (χ1) is 5.15. The minimum absolute atomic E-state index is 0.322. The van der Waals surface area contributed by atoms with E-state index >= 15 is 0 Å². The topological polar surface area (TPSA) is 23.8 Å². The van der Waals surface area contributed by atoms with E-state index in [0.29, 0.717) is 13.6 Å². The van der Waals surface area contributed by atoms with E-state index in [1.165, 1.54) is 6.07 Å². The Morgan fingerprint density at radius 2 is 2.18 bits per heavy atom. The van der Waals surface area contributed by atoms with Crippen molar-refractivity contribution < 1.29 is 4.39 Å². The van der Waals surface area contributed by atoms with Crippen LogP contribution in [0.1, 0.15) is 5.56 Å². The highest BCUT2D eigenvalue weighted by Gasteiger charge is 2.04. The van der Waals surface area contributed by atoms with E-state index in [9.17, 15) is 4.39 Å². The third kappa shape index (κ3) is 1.91. The molecule has 56 valence electrons. The number of rotatable bonds is 0. The van der Waals surface area contributed by atoms with Gasteiger partial charge in [0.2, 0.25) is 0 Å². The van der Waals surface area contributed by atoms with Gasteiger partial charge in [0.1, 0.15) is 11.9 Å². The van der Waals surface area contributed by atoms with Crippen LogP contribution in [0.2, 0.25) is 0 Å². The smallest absolute Gasteiger partial charge is 0.137 e. The van der Waals surface area contributed by atoms with Crippen molar-refractivity contribution in [2.75, 3.05) is 0 Å². The minimum atomic E-state index is -0.356. The third-order valence-corrected chi connectivity index (χ3v) is 2.61. The highest BCUT2D eigenvalue weighted by molar-refractivity contribution is 14.1. The van der Waals surface area contributed by atoms with Crippen LogP contribution in [0.4, 0.5) is 4.39 Å². The number of benzene rings is 1. The van der Waals surface area contributed by atoms with Crippen LogP contribution in [0.25, 0.3) is 0 Å². The number of nitrogens with zero attached hydrogens (tertiary/aromatic N) is 1. The maximum absolute atomic E-state index is 12.8. The Balaban J connectivity index is 3.35. The highest BCUT2D eigenvalue weighted by Crippen LogP contribution is 2.21. The Morgan fingerprint density at radius 3 is 2.73 bits per heavy atom. The van der Waals surface area contributed by atoms with E-state index < -0.39 is 0 Å². The van der Waals surface area contributed by atoms with Crippen LogP contribution in [0.3, 0.4) is 0 Å². The lowest BCUT2D eigenvalue weighted by Gasteiger charge is -1.96. The summed E-state index contributed by atoms with van der Waals surface area (Å²) in [6, 6.07) is 4.67. The molecule has 0 saturated carbocycles. The van der Waals surface area contributed by atoms with Crippen molar-refractivity contribution in [3.63, 3.8) is 0 Å². The predicted octanol–water partition coefficient (Wildman–Crippen LogP) is 3.06. The molecule has 1 rings (SSSR count). The van der Waals surface area contributed by atoms with Gasteiger partial charge in [0, 0.05) is 8.04 Å². The van der Waals surface area contributed by atoms with Crippen LogP contribution in [0.5, 0.6) is 0 Å². The van der Waals surface area contributed by atoms with Crippen LogP contribution in [-0.2, 0) is 0 Å². The van der Waals surface area contributed by atoms with Gasteiger partial charge in [-0.3, -0.25) is 0 Å². The van der Waals surface area contributed by atoms with Gasteiger partial charge in [-0.15, -0.1) is 0 Å². The monoisotopic (exact) mass is 325 g/mol. The molecule has 0 bridgehead atoms. The number of halogens is 3. The number of hydrogen-bond acceptors (Lipinski definition) is 1. The Morgan fingerprint density at radius 1 is 1.55 bits per heavy atom. The molecule has 4 heteroatoms. The average Bonchev–Trinajstić information content (AvgIpc) is 1.97. The maximum Gasteiger partial charge on any atom is 0.137 e. The first-order valence-electron chi connectivity index (χ1n) is 2.70. The van der Waals surface area contributed by atoms with Gasteiger partial charge in [0.05, 0.1) is 5.56 Å². The average molecular weight is 326 g/mol. The van der Waals surface area contributed by atoms with E-state index in [2.05, 4.69) is 15.9 Å². The molecule has 0 fully saturated rings.